The number of hydrogen-bond acceptors (Lipinski definition) is 1. The molecule has 1 atom stereocenters. The van der Waals surface area contributed by atoms with E-state index in [-0.39, 0.29) is 0 Å². The molecular formula is C26H34ClNO. The van der Waals surface area contributed by atoms with Crippen molar-refractivity contribution in [2.75, 3.05) is 7.11 Å². The summed E-state index contributed by atoms with van der Waals surface area (Å²) in [6, 6.07) is 14.2. The van der Waals surface area contributed by atoms with Crippen LogP contribution in [-0.4, -0.2) is 12.1 Å². The minimum Gasteiger partial charge on any atom is -0.497 e. The molecule has 0 bridgehead atoms. The van der Waals surface area contributed by atoms with Gasteiger partial charge in [-0.15, -0.1) is 0 Å². The zero-order chi connectivity index (χ0) is 21.4. The summed E-state index contributed by atoms with van der Waals surface area (Å²) in [6.07, 6.45) is 4.63. The lowest BCUT2D eigenvalue weighted by molar-refractivity contribution is 0.415. The molecule has 3 rings (SSSR count). The third kappa shape index (κ3) is 5.45. The van der Waals surface area contributed by atoms with Crippen LogP contribution in [0.5, 0.6) is 5.75 Å². The van der Waals surface area contributed by atoms with Gasteiger partial charge in [-0.2, -0.15) is 0 Å². The largest absolute Gasteiger partial charge is 0.497 e. The normalized spacial score (nSPS) is 11.7. The van der Waals surface area contributed by atoms with Gasteiger partial charge in [0.25, 0.3) is 0 Å². The van der Waals surface area contributed by atoms with E-state index in [9.17, 15) is 0 Å². The highest BCUT2D eigenvalue weighted by atomic mass is 35.5. The molecule has 0 aliphatic carbocycles. The molecule has 0 aliphatic heterocycles. The van der Waals surface area contributed by atoms with Gasteiger partial charge in [-0.1, -0.05) is 58.7 Å². The first kappa shape index (κ1) is 23.1. The Morgan fingerprint density at radius 2 is 1.72 bits per heavy atom. The smallest absolute Gasteiger partial charge is 0.118 e. The van der Waals surface area contributed by atoms with Crippen molar-refractivity contribution in [1.82, 2.24) is 4.98 Å². The average molecular weight is 412 g/mol. The highest BCUT2D eigenvalue weighted by molar-refractivity contribution is 6.31. The number of benzene rings is 2. The van der Waals surface area contributed by atoms with Gasteiger partial charge in [0.2, 0.25) is 0 Å². The molecule has 0 spiro atoms. The number of hydrogen-bond donors (Lipinski definition) is 1. The Hall–Kier alpha value is -2.19. The average Bonchev–Trinajstić information content (AvgIpc) is 3.10. The number of H-pyrrole nitrogens is 1. The lowest BCUT2D eigenvalue weighted by Gasteiger charge is -2.18. The van der Waals surface area contributed by atoms with Crippen LogP contribution in [0.25, 0.3) is 27.7 Å². The van der Waals surface area contributed by atoms with Gasteiger partial charge in [0, 0.05) is 21.5 Å². The third-order valence-corrected chi connectivity index (χ3v) is 5.32. The van der Waals surface area contributed by atoms with Crippen LogP contribution in [0.1, 0.15) is 58.9 Å². The quantitative estimate of drug-likeness (QED) is 0.412. The van der Waals surface area contributed by atoms with E-state index >= 15 is 0 Å². The zero-order valence-corrected chi connectivity index (χ0v) is 19.2. The topological polar surface area (TPSA) is 25.0 Å². The third-order valence-electron chi connectivity index (χ3n) is 5.08. The molecule has 0 amide bonds. The maximum Gasteiger partial charge on any atom is 0.118 e. The molecule has 1 N–H and O–H groups in total. The fourth-order valence-electron chi connectivity index (χ4n) is 3.65. The summed E-state index contributed by atoms with van der Waals surface area (Å²) in [7, 11) is 1.68. The van der Waals surface area contributed by atoms with Crippen molar-refractivity contribution in [2.24, 2.45) is 5.92 Å². The molecule has 29 heavy (non-hydrogen) atoms. The molecule has 2 nitrogen and oxygen atoms in total. The molecular weight excluding hydrogens is 378 g/mol. The van der Waals surface area contributed by atoms with Crippen molar-refractivity contribution < 1.29 is 4.74 Å². The molecule has 0 fully saturated rings. The van der Waals surface area contributed by atoms with E-state index in [1.54, 1.807) is 7.11 Å². The minimum absolute atomic E-state index is 0.468. The molecule has 2 aromatic carbocycles. The van der Waals surface area contributed by atoms with Crippen molar-refractivity contribution in [3.8, 4) is 17.0 Å². The first-order valence-corrected chi connectivity index (χ1v) is 11.0. The second-order valence-electron chi connectivity index (χ2n) is 7.42. The molecule has 1 unspecified atom stereocenters. The molecule has 0 saturated heterocycles. The highest BCUT2D eigenvalue weighted by Crippen LogP contribution is 2.40. The summed E-state index contributed by atoms with van der Waals surface area (Å²) in [5, 5.41) is 1.89. The highest BCUT2D eigenvalue weighted by Gasteiger charge is 2.20. The summed E-state index contributed by atoms with van der Waals surface area (Å²) >= 11 is 6.30. The van der Waals surface area contributed by atoms with Crippen molar-refractivity contribution in [3.63, 3.8) is 0 Å². The van der Waals surface area contributed by atoms with Crippen LogP contribution in [-0.2, 0) is 0 Å². The second-order valence-corrected chi connectivity index (χ2v) is 7.86. The summed E-state index contributed by atoms with van der Waals surface area (Å²) in [6.45, 7) is 13.2. The summed E-state index contributed by atoms with van der Waals surface area (Å²) in [5.74, 6) is 1.32. The Balaban J connectivity index is 0.000000941. The Morgan fingerprint density at radius 1 is 1.07 bits per heavy atom. The summed E-state index contributed by atoms with van der Waals surface area (Å²) in [5.41, 5.74) is 5.69. The number of methoxy groups -OCH3 is 1. The van der Waals surface area contributed by atoms with E-state index in [4.69, 9.17) is 16.3 Å². The first-order chi connectivity index (χ1) is 14.0. The van der Waals surface area contributed by atoms with Gasteiger partial charge in [-0.05, 0) is 72.4 Å². The Morgan fingerprint density at radius 3 is 2.28 bits per heavy atom. The van der Waals surface area contributed by atoms with Gasteiger partial charge in [0.1, 0.15) is 5.75 Å². The fourth-order valence-corrected chi connectivity index (χ4v) is 3.82. The predicted molar refractivity (Wildman–Crippen MR) is 129 cm³/mol. The zero-order valence-electron chi connectivity index (χ0n) is 18.4. The minimum atomic E-state index is 0.468. The van der Waals surface area contributed by atoms with Gasteiger partial charge in [0.05, 0.1) is 12.8 Å². The first-order valence-electron chi connectivity index (χ1n) is 10.6. The monoisotopic (exact) mass is 411 g/mol. The number of rotatable bonds is 7. The molecule has 0 aliphatic rings. The van der Waals surface area contributed by atoms with Crippen molar-refractivity contribution in [3.05, 3.63) is 59.6 Å². The number of ether oxygens (including phenoxy) is 1. The predicted octanol–water partition coefficient (Wildman–Crippen LogP) is 8.75. The molecule has 1 heterocycles. The van der Waals surface area contributed by atoms with Gasteiger partial charge in [0.15, 0.2) is 0 Å². The Kier molecular flexibility index (Phi) is 8.85. The van der Waals surface area contributed by atoms with Crippen LogP contribution in [0, 0.1) is 5.92 Å². The summed E-state index contributed by atoms with van der Waals surface area (Å²) in [4.78, 5) is 3.59. The van der Waals surface area contributed by atoms with Gasteiger partial charge >= 0.3 is 0 Å². The number of aromatic amines is 1. The SMILES string of the molecule is C=C(c1c(-c2ccc(OC)cc2)[nH]c2ccc(Cl)cc12)C(CC)CCC.CCC. The lowest BCUT2D eigenvalue weighted by Crippen LogP contribution is -2.02. The van der Waals surface area contributed by atoms with E-state index in [0.717, 1.165) is 52.2 Å². The van der Waals surface area contributed by atoms with E-state index in [1.165, 1.54) is 17.6 Å². The van der Waals surface area contributed by atoms with Gasteiger partial charge in [-0.3, -0.25) is 0 Å². The van der Waals surface area contributed by atoms with Crippen LogP contribution < -0.4 is 4.74 Å². The van der Waals surface area contributed by atoms with Crippen molar-refractivity contribution >= 4 is 28.1 Å². The number of fused-ring (bicyclic) bond motifs is 1. The molecule has 0 radical (unpaired) electrons. The maximum atomic E-state index is 6.30. The second kappa shape index (κ2) is 11.1. The molecule has 3 aromatic rings. The molecule has 1 aromatic heterocycles. The van der Waals surface area contributed by atoms with Crippen LogP contribution in [0.15, 0.2) is 49.0 Å². The number of halogens is 1. The van der Waals surface area contributed by atoms with Gasteiger partial charge < -0.3 is 9.72 Å². The van der Waals surface area contributed by atoms with E-state index in [1.807, 2.05) is 30.3 Å². The van der Waals surface area contributed by atoms with Crippen molar-refractivity contribution in [2.45, 2.75) is 53.4 Å². The Bertz CT molecular complexity index is 924. The van der Waals surface area contributed by atoms with Crippen LogP contribution in [0.2, 0.25) is 5.02 Å². The molecule has 156 valence electrons. The standard InChI is InChI=1S/C23H26ClNO.C3H8/c1-5-7-16(6-2)15(3)22-20-14-18(24)10-13-21(20)25-23(22)17-8-11-19(26-4)12-9-17;1-3-2/h8-14,16,25H,3,5-7H2,1-2,4H3;3H2,1-2H3. The number of allylic oxidation sites excluding steroid dienone is 1. The van der Waals surface area contributed by atoms with Gasteiger partial charge in [-0.25, -0.2) is 0 Å². The molecule has 0 saturated carbocycles. The summed E-state index contributed by atoms with van der Waals surface area (Å²) < 4.78 is 5.30. The molecule has 3 heteroatoms. The number of nitrogens with one attached hydrogen (secondary N) is 1. The van der Waals surface area contributed by atoms with Crippen LogP contribution in [0.3, 0.4) is 0 Å². The maximum absolute atomic E-state index is 6.30. The fraction of sp³-hybridized carbons (Fsp3) is 0.385. The van der Waals surface area contributed by atoms with E-state index < -0.39 is 0 Å². The van der Waals surface area contributed by atoms with Crippen LogP contribution in [0.4, 0.5) is 0 Å². The van der Waals surface area contributed by atoms with E-state index in [0.29, 0.717) is 5.92 Å². The van der Waals surface area contributed by atoms with E-state index in [2.05, 4.69) is 51.4 Å². The van der Waals surface area contributed by atoms with Crippen molar-refractivity contribution in [1.29, 1.82) is 0 Å². The Labute approximate surface area is 180 Å². The lowest BCUT2D eigenvalue weighted by atomic mass is 9.86. The van der Waals surface area contributed by atoms with Crippen LogP contribution >= 0.6 is 11.6 Å². The number of aromatic nitrogens is 1.